The average Bonchev–Trinajstić information content (AvgIpc) is 2.41. The minimum atomic E-state index is 0. The van der Waals surface area contributed by atoms with Gasteiger partial charge in [0.1, 0.15) is 0 Å². The molecule has 1 aliphatic heterocycles. The Hall–Kier alpha value is -0.0300. The van der Waals surface area contributed by atoms with Crippen LogP contribution < -0.4 is 10.6 Å². The van der Waals surface area contributed by atoms with Crippen molar-refractivity contribution in [1.29, 1.82) is 0 Å². The summed E-state index contributed by atoms with van der Waals surface area (Å²) in [5, 5.41) is 6.44. The van der Waals surface area contributed by atoms with Gasteiger partial charge in [-0.1, -0.05) is 19.3 Å². The SMILES string of the molecule is Cl.Cl.O=C(NCCN1CCNCC1)C1CCCCC1. The van der Waals surface area contributed by atoms with E-state index in [1.165, 1.54) is 19.3 Å². The molecule has 1 amide bonds. The molecule has 0 aromatic heterocycles. The summed E-state index contributed by atoms with van der Waals surface area (Å²) in [6.45, 7) is 6.20. The summed E-state index contributed by atoms with van der Waals surface area (Å²) in [6, 6.07) is 0. The molecule has 2 N–H and O–H groups in total. The molecule has 114 valence electrons. The number of nitrogens with one attached hydrogen (secondary N) is 2. The molecule has 0 atom stereocenters. The molecular weight excluding hydrogens is 285 g/mol. The minimum Gasteiger partial charge on any atom is -0.355 e. The number of amides is 1. The van der Waals surface area contributed by atoms with E-state index in [1.807, 2.05) is 0 Å². The number of piperazine rings is 1. The molecule has 0 spiro atoms. The van der Waals surface area contributed by atoms with E-state index in [1.54, 1.807) is 0 Å². The first-order valence-corrected chi connectivity index (χ1v) is 7.07. The monoisotopic (exact) mass is 311 g/mol. The molecule has 0 unspecified atom stereocenters. The molecule has 2 aliphatic rings. The fraction of sp³-hybridized carbons (Fsp3) is 0.923. The second-order valence-corrected chi connectivity index (χ2v) is 5.22. The highest BCUT2D eigenvalue weighted by Crippen LogP contribution is 2.23. The van der Waals surface area contributed by atoms with E-state index in [0.717, 1.165) is 52.1 Å². The lowest BCUT2D eigenvalue weighted by Crippen LogP contribution is -2.46. The maximum Gasteiger partial charge on any atom is 0.223 e. The Morgan fingerprint density at radius 3 is 2.37 bits per heavy atom. The third-order valence-electron chi connectivity index (χ3n) is 3.91. The molecule has 1 heterocycles. The van der Waals surface area contributed by atoms with Gasteiger partial charge in [0.15, 0.2) is 0 Å². The van der Waals surface area contributed by atoms with Crippen molar-refractivity contribution in [3.63, 3.8) is 0 Å². The maximum absolute atomic E-state index is 11.9. The first-order chi connectivity index (χ1) is 8.36. The van der Waals surface area contributed by atoms with Gasteiger partial charge in [-0.05, 0) is 12.8 Å². The van der Waals surface area contributed by atoms with Crippen LogP contribution in [0.25, 0.3) is 0 Å². The third kappa shape index (κ3) is 6.80. The van der Waals surface area contributed by atoms with Crippen molar-refractivity contribution < 1.29 is 4.79 Å². The van der Waals surface area contributed by atoms with Gasteiger partial charge in [-0.25, -0.2) is 0 Å². The van der Waals surface area contributed by atoms with E-state index >= 15 is 0 Å². The van der Waals surface area contributed by atoms with Crippen LogP contribution >= 0.6 is 24.8 Å². The Balaban J connectivity index is 0.00000162. The lowest BCUT2D eigenvalue weighted by molar-refractivity contribution is -0.125. The van der Waals surface area contributed by atoms with Crippen molar-refractivity contribution in [1.82, 2.24) is 15.5 Å². The van der Waals surface area contributed by atoms with Crippen molar-refractivity contribution in [3.05, 3.63) is 0 Å². The predicted molar refractivity (Wildman–Crippen MR) is 83.4 cm³/mol. The molecule has 0 bridgehead atoms. The molecule has 19 heavy (non-hydrogen) atoms. The molecule has 0 aromatic rings. The van der Waals surface area contributed by atoms with Gasteiger partial charge in [-0.3, -0.25) is 9.69 Å². The number of hydrogen-bond acceptors (Lipinski definition) is 3. The summed E-state index contributed by atoms with van der Waals surface area (Å²) in [7, 11) is 0. The van der Waals surface area contributed by atoms with Crippen LogP contribution in [0.3, 0.4) is 0 Å². The van der Waals surface area contributed by atoms with E-state index in [0.29, 0.717) is 11.8 Å². The van der Waals surface area contributed by atoms with Gasteiger partial charge in [0.05, 0.1) is 0 Å². The Kier molecular flexibility index (Phi) is 10.7. The number of hydrogen-bond donors (Lipinski definition) is 2. The van der Waals surface area contributed by atoms with Gasteiger partial charge in [0.2, 0.25) is 5.91 Å². The number of nitrogens with zero attached hydrogens (tertiary/aromatic N) is 1. The fourth-order valence-electron chi connectivity index (χ4n) is 2.78. The normalized spacial score (nSPS) is 21.1. The van der Waals surface area contributed by atoms with Crippen LogP contribution in [0, 0.1) is 5.92 Å². The second-order valence-electron chi connectivity index (χ2n) is 5.22. The van der Waals surface area contributed by atoms with Crippen molar-refractivity contribution in [3.8, 4) is 0 Å². The molecule has 1 saturated carbocycles. The van der Waals surface area contributed by atoms with E-state index in [-0.39, 0.29) is 24.8 Å². The zero-order chi connectivity index (χ0) is 11.9. The standard InChI is InChI=1S/C13H25N3O.2ClH/c17-13(12-4-2-1-3-5-12)15-8-11-16-9-6-14-7-10-16;;/h12,14H,1-11H2,(H,15,17);2*1H. The molecular formula is C13H27Cl2N3O. The molecule has 6 heteroatoms. The van der Waals surface area contributed by atoms with Crippen LogP contribution in [0.1, 0.15) is 32.1 Å². The number of carbonyl (C=O) groups is 1. The maximum atomic E-state index is 11.9. The largest absolute Gasteiger partial charge is 0.355 e. The summed E-state index contributed by atoms with van der Waals surface area (Å²) < 4.78 is 0. The number of rotatable bonds is 4. The Labute approximate surface area is 128 Å². The van der Waals surface area contributed by atoms with Crippen LogP contribution in [-0.4, -0.2) is 50.1 Å². The second kappa shape index (κ2) is 10.7. The highest BCUT2D eigenvalue weighted by atomic mass is 35.5. The zero-order valence-corrected chi connectivity index (χ0v) is 13.2. The van der Waals surface area contributed by atoms with Crippen molar-refractivity contribution in [2.45, 2.75) is 32.1 Å². The summed E-state index contributed by atoms with van der Waals surface area (Å²) in [4.78, 5) is 14.3. The summed E-state index contributed by atoms with van der Waals surface area (Å²) in [6.07, 6.45) is 5.97. The van der Waals surface area contributed by atoms with Crippen molar-refractivity contribution in [2.24, 2.45) is 5.92 Å². The first-order valence-electron chi connectivity index (χ1n) is 7.07. The van der Waals surface area contributed by atoms with Gasteiger partial charge in [0.25, 0.3) is 0 Å². The first kappa shape index (κ1) is 19.0. The molecule has 0 radical (unpaired) electrons. The summed E-state index contributed by atoms with van der Waals surface area (Å²) in [5.74, 6) is 0.589. The molecule has 2 rings (SSSR count). The van der Waals surface area contributed by atoms with E-state index < -0.39 is 0 Å². The zero-order valence-electron chi connectivity index (χ0n) is 11.5. The smallest absolute Gasteiger partial charge is 0.223 e. The molecule has 1 saturated heterocycles. The lowest BCUT2D eigenvalue weighted by atomic mass is 9.89. The fourth-order valence-corrected chi connectivity index (χ4v) is 2.78. The van der Waals surface area contributed by atoms with Crippen LogP contribution in [0.15, 0.2) is 0 Å². The quantitative estimate of drug-likeness (QED) is 0.825. The topological polar surface area (TPSA) is 44.4 Å². The van der Waals surface area contributed by atoms with Crippen molar-refractivity contribution in [2.75, 3.05) is 39.3 Å². The Morgan fingerprint density at radius 2 is 1.74 bits per heavy atom. The van der Waals surface area contributed by atoms with E-state index in [9.17, 15) is 4.79 Å². The number of carbonyl (C=O) groups excluding carboxylic acids is 1. The van der Waals surface area contributed by atoms with Crippen LogP contribution in [0.2, 0.25) is 0 Å². The van der Waals surface area contributed by atoms with Crippen LogP contribution in [-0.2, 0) is 4.79 Å². The van der Waals surface area contributed by atoms with Gasteiger partial charge < -0.3 is 10.6 Å². The molecule has 1 aliphatic carbocycles. The lowest BCUT2D eigenvalue weighted by Gasteiger charge is -2.27. The van der Waals surface area contributed by atoms with Gasteiger partial charge in [0, 0.05) is 45.2 Å². The highest BCUT2D eigenvalue weighted by Gasteiger charge is 2.20. The van der Waals surface area contributed by atoms with Gasteiger partial charge >= 0.3 is 0 Å². The van der Waals surface area contributed by atoms with Crippen LogP contribution in [0.5, 0.6) is 0 Å². The van der Waals surface area contributed by atoms with Crippen molar-refractivity contribution >= 4 is 30.7 Å². The van der Waals surface area contributed by atoms with Gasteiger partial charge in [-0.2, -0.15) is 0 Å². The highest BCUT2D eigenvalue weighted by molar-refractivity contribution is 5.85. The average molecular weight is 312 g/mol. The Morgan fingerprint density at radius 1 is 1.11 bits per heavy atom. The Bertz CT molecular complexity index is 242. The minimum absolute atomic E-state index is 0. The van der Waals surface area contributed by atoms with E-state index in [4.69, 9.17) is 0 Å². The molecule has 2 fully saturated rings. The summed E-state index contributed by atoms with van der Waals surface area (Å²) >= 11 is 0. The molecule has 0 aromatic carbocycles. The van der Waals surface area contributed by atoms with Crippen LogP contribution in [0.4, 0.5) is 0 Å². The predicted octanol–water partition coefficient (Wildman–Crippen LogP) is 1.43. The number of halogens is 2. The summed E-state index contributed by atoms with van der Waals surface area (Å²) in [5.41, 5.74) is 0. The molecule has 4 nitrogen and oxygen atoms in total. The van der Waals surface area contributed by atoms with E-state index in [2.05, 4.69) is 15.5 Å². The van der Waals surface area contributed by atoms with Gasteiger partial charge in [-0.15, -0.1) is 24.8 Å². The third-order valence-corrected chi connectivity index (χ3v) is 3.91.